The predicted octanol–water partition coefficient (Wildman–Crippen LogP) is 2.17. The highest BCUT2D eigenvalue weighted by Crippen LogP contribution is 2.14. The van der Waals surface area contributed by atoms with Crippen molar-refractivity contribution in [1.29, 1.82) is 0 Å². The third-order valence-electron chi connectivity index (χ3n) is 1.49. The molecule has 0 aliphatic heterocycles. The highest BCUT2D eigenvalue weighted by atomic mass is 35.5. The Labute approximate surface area is 89.7 Å². The van der Waals surface area contributed by atoms with Gasteiger partial charge in [0, 0.05) is 0 Å². The molecule has 0 amide bonds. The summed E-state index contributed by atoms with van der Waals surface area (Å²) in [5.74, 6) is 0.683. The van der Waals surface area contributed by atoms with E-state index in [1.165, 1.54) is 11.5 Å². The molecule has 0 aliphatic carbocycles. The smallest absolute Gasteiger partial charge is 0.138 e. The fourth-order valence-corrected chi connectivity index (χ4v) is 1.37. The molecular formula is C8H6ClN3OS. The van der Waals surface area contributed by atoms with E-state index >= 15 is 0 Å². The summed E-state index contributed by atoms with van der Waals surface area (Å²) < 4.78 is 9.14. The van der Waals surface area contributed by atoms with Gasteiger partial charge < -0.3 is 4.74 Å². The van der Waals surface area contributed by atoms with E-state index in [0.29, 0.717) is 17.5 Å². The normalized spacial score (nSPS) is 10.1. The van der Waals surface area contributed by atoms with Gasteiger partial charge in [-0.05, 0) is 23.7 Å². The largest absolute Gasteiger partial charge is 0.486 e. The van der Waals surface area contributed by atoms with Crippen LogP contribution in [0.5, 0.6) is 5.75 Å². The van der Waals surface area contributed by atoms with Crippen LogP contribution in [0.1, 0.15) is 4.88 Å². The Morgan fingerprint density at radius 2 is 2.29 bits per heavy atom. The van der Waals surface area contributed by atoms with Crippen LogP contribution in [0.25, 0.3) is 0 Å². The maximum absolute atomic E-state index is 5.63. The lowest BCUT2D eigenvalue weighted by molar-refractivity contribution is 0.308. The molecule has 2 heterocycles. The Morgan fingerprint density at radius 3 is 2.93 bits per heavy atom. The zero-order chi connectivity index (χ0) is 9.80. The van der Waals surface area contributed by atoms with E-state index in [9.17, 15) is 0 Å². The maximum Gasteiger partial charge on any atom is 0.138 e. The SMILES string of the molecule is Clc1ccc(OCc2cnns2)cn1. The van der Waals surface area contributed by atoms with Crippen LogP contribution in [0.3, 0.4) is 0 Å². The Morgan fingerprint density at radius 1 is 1.36 bits per heavy atom. The van der Waals surface area contributed by atoms with Gasteiger partial charge in [-0.2, -0.15) is 0 Å². The summed E-state index contributed by atoms with van der Waals surface area (Å²) in [7, 11) is 0. The molecule has 0 aromatic carbocycles. The van der Waals surface area contributed by atoms with E-state index in [2.05, 4.69) is 14.6 Å². The molecule has 2 aromatic heterocycles. The van der Waals surface area contributed by atoms with Crippen molar-refractivity contribution in [2.75, 3.05) is 0 Å². The van der Waals surface area contributed by atoms with Crippen LogP contribution < -0.4 is 4.74 Å². The number of hydrogen-bond donors (Lipinski definition) is 0. The van der Waals surface area contributed by atoms with E-state index in [-0.39, 0.29) is 0 Å². The number of ether oxygens (including phenoxy) is 1. The summed E-state index contributed by atoms with van der Waals surface area (Å²) in [6, 6.07) is 3.45. The lowest BCUT2D eigenvalue weighted by Gasteiger charge is -2.02. The average Bonchev–Trinajstić information content (AvgIpc) is 2.70. The van der Waals surface area contributed by atoms with Crippen LogP contribution in [0.4, 0.5) is 0 Å². The molecule has 2 aromatic rings. The molecule has 0 N–H and O–H groups in total. The van der Waals surface area contributed by atoms with Crippen molar-refractivity contribution in [3.63, 3.8) is 0 Å². The Hall–Kier alpha value is -1.20. The fraction of sp³-hybridized carbons (Fsp3) is 0.125. The van der Waals surface area contributed by atoms with Crippen molar-refractivity contribution in [2.24, 2.45) is 0 Å². The van der Waals surface area contributed by atoms with Gasteiger partial charge in [0.05, 0.1) is 17.3 Å². The van der Waals surface area contributed by atoms with Gasteiger partial charge >= 0.3 is 0 Å². The average molecular weight is 228 g/mol. The van der Waals surface area contributed by atoms with E-state index < -0.39 is 0 Å². The lowest BCUT2D eigenvalue weighted by atomic mass is 10.4. The monoisotopic (exact) mass is 227 g/mol. The van der Waals surface area contributed by atoms with Gasteiger partial charge in [0.1, 0.15) is 17.5 Å². The third kappa shape index (κ3) is 2.40. The van der Waals surface area contributed by atoms with Crippen molar-refractivity contribution in [2.45, 2.75) is 6.61 Å². The van der Waals surface area contributed by atoms with Crippen LogP contribution in [-0.2, 0) is 6.61 Å². The molecular weight excluding hydrogens is 222 g/mol. The van der Waals surface area contributed by atoms with Crippen LogP contribution in [-0.4, -0.2) is 14.6 Å². The molecule has 6 heteroatoms. The van der Waals surface area contributed by atoms with Crippen molar-refractivity contribution >= 4 is 23.1 Å². The lowest BCUT2D eigenvalue weighted by Crippen LogP contribution is -1.93. The van der Waals surface area contributed by atoms with Gasteiger partial charge in [0.25, 0.3) is 0 Å². The minimum absolute atomic E-state index is 0.455. The van der Waals surface area contributed by atoms with E-state index in [4.69, 9.17) is 16.3 Å². The number of aromatic nitrogens is 3. The Kier molecular flexibility index (Phi) is 2.90. The number of hydrogen-bond acceptors (Lipinski definition) is 5. The molecule has 4 nitrogen and oxygen atoms in total. The minimum atomic E-state index is 0.455. The highest BCUT2D eigenvalue weighted by molar-refractivity contribution is 7.05. The van der Waals surface area contributed by atoms with Crippen molar-refractivity contribution in [1.82, 2.24) is 14.6 Å². The summed E-state index contributed by atoms with van der Waals surface area (Å²) >= 11 is 6.94. The van der Waals surface area contributed by atoms with Gasteiger partial charge in [-0.3, -0.25) is 0 Å². The summed E-state index contributed by atoms with van der Waals surface area (Å²) in [5, 5.41) is 4.16. The first kappa shape index (κ1) is 9.36. The zero-order valence-corrected chi connectivity index (χ0v) is 8.63. The van der Waals surface area contributed by atoms with Crippen LogP contribution >= 0.6 is 23.1 Å². The number of halogens is 1. The topological polar surface area (TPSA) is 47.9 Å². The van der Waals surface area contributed by atoms with Crippen LogP contribution in [0, 0.1) is 0 Å². The molecule has 0 radical (unpaired) electrons. The second-order valence-corrected chi connectivity index (χ2v) is 3.75. The minimum Gasteiger partial charge on any atom is -0.486 e. The van der Waals surface area contributed by atoms with E-state index in [0.717, 1.165) is 4.88 Å². The summed E-state index contributed by atoms with van der Waals surface area (Å²) in [5.41, 5.74) is 0. The van der Waals surface area contributed by atoms with Crippen LogP contribution in [0.15, 0.2) is 24.5 Å². The number of rotatable bonds is 3. The maximum atomic E-state index is 5.63. The van der Waals surface area contributed by atoms with Gasteiger partial charge in [0.2, 0.25) is 0 Å². The second-order valence-electron chi connectivity index (χ2n) is 2.49. The van der Waals surface area contributed by atoms with Crippen molar-refractivity contribution < 1.29 is 4.74 Å². The standard InChI is InChI=1S/C8H6ClN3OS/c9-8-2-1-6(3-10-8)13-5-7-4-11-12-14-7/h1-4H,5H2. The number of pyridine rings is 1. The van der Waals surface area contributed by atoms with Gasteiger partial charge in [-0.25, -0.2) is 4.98 Å². The molecule has 0 bridgehead atoms. The summed E-state index contributed by atoms with van der Waals surface area (Å²) in [6.45, 7) is 0.459. The first-order valence-corrected chi connectivity index (χ1v) is 5.00. The number of nitrogens with zero attached hydrogens (tertiary/aromatic N) is 3. The fourth-order valence-electron chi connectivity index (χ4n) is 0.853. The molecule has 0 saturated heterocycles. The van der Waals surface area contributed by atoms with Gasteiger partial charge in [-0.1, -0.05) is 16.1 Å². The van der Waals surface area contributed by atoms with Crippen molar-refractivity contribution in [3.05, 3.63) is 34.6 Å². The first-order chi connectivity index (χ1) is 6.84. The Bertz CT molecular complexity index is 389. The predicted molar refractivity (Wildman–Crippen MR) is 53.5 cm³/mol. The van der Waals surface area contributed by atoms with Gasteiger partial charge in [0.15, 0.2) is 0 Å². The van der Waals surface area contributed by atoms with E-state index in [1.54, 1.807) is 24.5 Å². The molecule has 0 spiro atoms. The summed E-state index contributed by atoms with van der Waals surface area (Å²) in [4.78, 5) is 4.86. The molecule has 2 rings (SSSR count). The zero-order valence-electron chi connectivity index (χ0n) is 7.05. The van der Waals surface area contributed by atoms with Crippen LogP contribution in [0.2, 0.25) is 5.15 Å². The molecule has 0 fully saturated rings. The molecule has 0 aliphatic rings. The molecule has 0 atom stereocenters. The quantitative estimate of drug-likeness (QED) is 0.754. The van der Waals surface area contributed by atoms with E-state index in [1.807, 2.05) is 0 Å². The third-order valence-corrected chi connectivity index (χ3v) is 2.35. The highest BCUT2D eigenvalue weighted by Gasteiger charge is 1.98. The summed E-state index contributed by atoms with van der Waals surface area (Å²) in [6.07, 6.45) is 3.25. The second kappa shape index (κ2) is 4.34. The van der Waals surface area contributed by atoms with Crippen molar-refractivity contribution in [3.8, 4) is 5.75 Å². The molecule has 72 valence electrons. The molecule has 0 unspecified atom stereocenters. The molecule has 14 heavy (non-hydrogen) atoms. The molecule has 0 saturated carbocycles. The Balaban J connectivity index is 1.95. The van der Waals surface area contributed by atoms with Gasteiger partial charge in [-0.15, -0.1) is 5.10 Å². The first-order valence-electron chi connectivity index (χ1n) is 3.85.